The lowest BCUT2D eigenvalue weighted by atomic mass is 9.87. The molecule has 0 aromatic heterocycles. The van der Waals surface area contributed by atoms with Crippen molar-refractivity contribution in [2.45, 2.75) is 33.6 Å². The minimum Gasteiger partial charge on any atom is -0.493 e. The smallest absolute Gasteiger partial charge is 0.144 e. The van der Waals surface area contributed by atoms with Gasteiger partial charge in [0.25, 0.3) is 0 Å². The van der Waals surface area contributed by atoms with E-state index < -0.39 is 0 Å². The summed E-state index contributed by atoms with van der Waals surface area (Å²) in [5, 5.41) is 12.4. The van der Waals surface area contributed by atoms with Crippen LogP contribution in [0.4, 0.5) is 0 Å². The molecule has 3 N–H and O–H groups in total. The van der Waals surface area contributed by atoms with Gasteiger partial charge < -0.3 is 15.7 Å². The van der Waals surface area contributed by atoms with E-state index in [1.165, 1.54) is 0 Å². The predicted molar refractivity (Wildman–Crippen MR) is 78.1 cm³/mol. The molecule has 0 radical (unpaired) electrons. The molecule has 0 spiro atoms. The van der Waals surface area contributed by atoms with Gasteiger partial charge in [-0.2, -0.15) is 0 Å². The van der Waals surface area contributed by atoms with Crippen LogP contribution in [-0.2, 0) is 0 Å². The fraction of sp³-hybridized carbons (Fsp3) is 0.500. The van der Waals surface area contributed by atoms with Crippen LogP contribution in [0, 0.1) is 12.3 Å². The predicted octanol–water partition coefficient (Wildman–Crippen LogP) is 3.58. The summed E-state index contributed by atoms with van der Waals surface area (Å²) in [6, 6.07) is 5.58. The maximum Gasteiger partial charge on any atom is 0.144 e. The maximum absolute atomic E-state index is 8.69. The van der Waals surface area contributed by atoms with E-state index in [-0.39, 0.29) is 11.3 Å². The molecule has 0 unspecified atom stereocenters. The van der Waals surface area contributed by atoms with E-state index in [0.717, 1.165) is 24.2 Å². The normalized spacial score (nSPS) is 12.5. The van der Waals surface area contributed by atoms with E-state index in [1.54, 1.807) is 0 Å². The van der Waals surface area contributed by atoms with Crippen molar-refractivity contribution in [1.82, 2.24) is 0 Å². The zero-order chi connectivity index (χ0) is 14.5. The molecule has 0 amide bonds. The lowest BCUT2D eigenvalue weighted by molar-refractivity contribution is 0.276. The number of oxime groups is 1. The molecule has 0 bridgehead atoms. The molecule has 19 heavy (non-hydrogen) atoms. The molecule has 0 atom stereocenters. The van der Waals surface area contributed by atoms with Crippen molar-refractivity contribution in [3.63, 3.8) is 0 Å². The van der Waals surface area contributed by atoms with Gasteiger partial charge in [-0.15, -0.1) is 0 Å². The molecule has 1 rings (SSSR count). The van der Waals surface area contributed by atoms with Gasteiger partial charge in [-0.25, -0.2) is 0 Å². The molecule has 0 heterocycles. The zero-order valence-corrected chi connectivity index (χ0v) is 12.4. The molecule has 0 aliphatic rings. The van der Waals surface area contributed by atoms with Crippen LogP contribution in [0.15, 0.2) is 23.4 Å². The lowest BCUT2D eigenvalue weighted by Gasteiger charge is -2.22. The molecule has 4 nitrogen and oxygen atoms in total. The van der Waals surface area contributed by atoms with Crippen LogP contribution in [-0.4, -0.2) is 17.6 Å². The number of aryl methyl sites for hydroxylation is 1. The summed E-state index contributed by atoms with van der Waals surface area (Å²) < 4.78 is 5.70. The molecule has 0 aliphatic heterocycles. The Morgan fingerprint density at radius 2 is 2.16 bits per heavy atom. The number of hydrogen-bond donors (Lipinski definition) is 2. The molecule has 1 aromatic rings. The van der Waals surface area contributed by atoms with Crippen molar-refractivity contribution in [2.24, 2.45) is 16.3 Å². The maximum atomic E-state index is 8.69. The van der Waals surface area contributed by atoms with Gasteiger partial charge in [0, 0.05) is 10.4 Å². The molecular weight excluding hydrogens is 264 g/mol. The van der Waals surface area contributed by atoms with Crippen molar-refractivity contribution in [3.8, 4) is 5.75 Å². The Hall–Kier alpha value is -1.42. The third-order valence-corrected chi connectivity index (χ3v) is 3.39. The van der Waals surface area contributed by atoms with Crippen LogP contribution >= 0.6 is 11.6 Å². The van der Waals surface area contributed by atoms with Crippen molar-refractivity contribution in [1.29, 1.82) is 0 Å². The molecule has 5 heteroatoms. The second-order valence-corrected chi connectivity index (χ2v) is 5.67. The highest BCUT2D eigenvalue weighted by Crippen LogP contribution is 2.25. The standard InChI is InChI=1S/C14H21ClN2O2/c1-10-5-6-11(15)9-12(10)19-8-4-7-14(2,3)13(16)17-18/h5-6,9,18H,4,7-8H2,1-3H3,(H2,16,17). The van der Waals surface area contributed by atoms with Crippen LogP contribution in [0.3, 0.4) is 0 Å². The third kappa shape index (κ3) is 4.63. The number of hydrogen-bond acceptors (Lipinski definition) is 3. The van der Waals surface area contributed by atoms with Gasteiger partial charge in [0.1, 0.15) is 11.6 Å². The van der Waals surface area contributed by atoms with Crippen LogP contribution in [0.25, 0.3) is 0 Å². The molecule has 106 valence electrons. The Bertz CT molecular complexity index is 459. The molecule has 0 aliphatic carbocycles. The van der Waals surface area contributed by atoms with Gasteiger partial charge in [0.05, 0.1) is 6.61 Å². The van der Waals surface area contributed by atoms with Gasteiger partial charge in [0.2, 0.25) is 0 Å². The van der Waals surface area contributed by atoms with Crippen LogP contribution in [0.2, 0.25) is 5.02 Å². The minimum absolute atomic E-state index is 0.242. The fourth-order valence-corrected chi connectivity index (χ4v) is 1.85. The Kier molecular flexibility index (Phi) is 5.48. The van der Waals surface area contributed by atoms with E-state index in [1.807, 2.05) is 39.0 Å². The van der Waals surface area contributed by atoms with Crippen molar-refractivity contribution in [3.05, 3.63) is 28.8 Å². The summed E-state index contributed by atoms with van der Waals surface area (Å²) in [6.45, 7) is 6.43. The van der Waals surface area contributed by atoms with Gasteiger partial charge in [-0.1, -0.05) is 36.7 Å². The fourth-order valence-electron chi connectivity index (χ4n) is 1.69. The molecule has 0 saturated heterocycles. The quantitative estimate of drug-likeness (QED) is 0.276. The summed E-state index contributed by atoms with van der Waals surface area (Å²) in [5.41, 5.74) is 6.35. The van der Waals surface area contributed by atoms with E-state index in [4.69, 9.17) is 27.3 Å². The van der Waals surface area contributed by atoms with Gasteiger partial charge in [-0.05, 0) is 37.5 Å². The average Bonchev–Trinajstić information content (AvgIpc) is 2.37. The summed E-state index contributed by atoms with van der Waals surface area (Å²) in [5.74, 6) is 1.04. The number of halogens is 1. The topological polar surface area (TPSA) is 67.8 Å². The monoisotopic (exact) mass is 284 g/mol. The van der Waals surface area contributed by atoms with E-state index >= 15 is 0 Å². The highest BCUT2D eigenvalue weighted by Gasteiger charge is 2.22. The van der Waals surface area contributed by atoms with Gasteiger partial charge in [0.15, 0.2) is 0 Å². The van der Waals surface area contributed by atoms with Gasteiger partial charge >= 0.3 is 0 Å². The first kappa shape index (κ1) is 15.6. The second kappa shape index (κ2) is 6.66. The second-order valence-electron chi connectivity index (χ2n) is 5.23. The number of amidine groups is 1. The first-order valence-corrected chi connectivity index (χ1v) is 6.61. The van der Waals surface area contributed by atoms with Crippen molar-refractivity contribution < 1.29 is 9.94 Å². The van der Waals surface area contributed by atoms with Crippen LogP contribution in [0.5, 0.6) is 5.75 Å². The summed E-state index contributed by atoms with van der Waals surface area (Å²) in [4.78, 5) is 0. The highest BCUT2D eigenvalue weighted by molar-refractivity contribution is 6.30. The third-order valence-electron chi connectivity index (χ3n) is 3.16. The molecule has 1 aromatic carbocycles. The zero-order valence-electron chi connectivity index (χ0n) is 11.6. The first-order chi connectivity index (χ1) is 8.86. The number of nitrogens with two attached hydrogens (primary N) is 1. The number of rotatable bonds is 6. The largest absolute Gasteiger partial charge is 0.493 e. The highest BCUT2D eigenvalue weighted by atomic mass is 35.5. The summed E-state index contributed by atoms with van der Waals surface area (Å²) >= 11 is 5.92. The number of nitrogens with zero attached hydrogens (tertiary/aromatic N) is 1. The summed E-state index contributed by atoms with van der Waals surface area (Å²) in [7, 11) is 0. The van der Waals surface area contributed by atoms with Crippen LogP contribution < -0.4 is 10.5 Å². The number of benzene rings is 1. The number of ether oxygens (including phenoxy) is 1. The Morgan fingerprint density at radius 1 is 1.47 bits per heavy atom. The van der Waals surface area contributed by atoms with E-state index in [0.29, 0.717) is 11.6 Å². The Morgan fingerprint density at radius 3 is 2.79 bits per heavy atom. The Labute approximate surface area is 119 Å². The van der Waals surface area contributed by atoms with Crippen molar-refractivity contribution >= 4 is 17.4 Å². The Balaban J connectivity index is 2.45. The van der Waals surface area contributed by atoms with Gasteiger partial charge in [-0.3, -0.25) is 0 Å². The molecule has 0 saturated carbocycles. The molecular formula is C14H21ClN2O2. The lowest BCUT2D eigenvalue weighted by Crippen LogP contribution is -2.32. The SMILES string of the molecule is Cc1ccc(Cl)cc1OCCCC(C)(C)C(N)=NO. The molecule has 0 fully saturated rings. The van der Waals surface area contributed by atoms with Crippen molar-refractivity contribution in [2.75, 3.05) is 6.61 Å². The summed E-state index contributed by atoms with van der Waals surface area (Å²) in [6.07, 6.45) is 1.59. The first-order valence-electron chi connectivity index (χ1n) is 6.24. The van der Waals surface area contributed by atoms with E-state index in [9.17, 15) is 0 Å². The minimum atomic E-state index is -0.332. The van der Waals surface area contributed by atoms with Crippen LogP contribution in [0.1, 0.15) is 32.3 Å². The average molecular weight is 285 g/mol. The van der Waals surface area contributed by atoms with E-state index in [2.05, 4.69) is 5.16 Å².